The van der Waals surface area contributed by atoms with Gasteiger partial charge in [0, 0.05) is 0 Å². The van der Waals surface area contributed by atoms with Gasteiger partial charge in [0.05, 0.1) is 0 Å². The number of thiazole rings is 1. The summed E-state index contributed by atoms with van der Waals surface area (Å²) in [5.74, 6) is -0.305. The maximum absolute atomic E-state index is 12.5. The summed E-state index contributed by atoms with van der Waals surface area (Å²) in [5, 5.41) is 1.33. The number of hydrogen-bond donors (Lipinski definition) is 0. The predicted octanol–water partition coefficient (Wildman–Crippen LogP) is 2.36. The quantitative estimate of drug-likeness (QED) is 0.612. The number of aromatic nitrogens is 1. The van der Waals surface area contributed by atoms with Crippen molar-refractivity contribution >= 4 is 43.6 Å². The van der Waals surface area contributed by atoms with Crippen molar-refractivity contribution in [3.63, 3.8) is 0 Å². The molecule has 0 aromatic carbocycles. The van der Waals surface area contributed by atoms with Gasteiger partial charge in [-0.05, 0) is 0 Å². The van der Waals surface area contributed by atoms with Gasteiger partial charge in [-0.1, -0.05) is 0 Å². The first-order valence-electron chi connectivity index (χ1n) is 4.97. The molecule has 1 aromatic heterocycles. The Labute approximate surface area is 112 Å². The van der Waals surface area contributed by atoms with Crippen LogP contribution in [0.2, 0.25) is 9.68 Å². The Morgan fingerprint density at radius 2 is 2.47 bits per heavy atom. The van der Waals surface area contributed by atoms with Crippen molar-refractivity contribution in [2.24, 2.45) is 0 Å². The molecule has 1 aliphatic rings. The Kier molecular flexibility index (Phi) is 4.60. The van der Waals surface area contributed by atoms with Crippen molar-refractivity contribution in [3.8, 4) is 0 Å². The van der Waals surface area contributed by atoms with E-state index in [2.05, 4.69) is 4.98 Å². The number of carbonyl (C=O) groups is 1. The molecular formula is C10H10AsClFNO2S. The maximum atomic E-state index is 12.5. The van der Waals surface area contributed by atoms with Crippen molar-refractivity contribution < 1.29 is 13.9 Å². The van der Waals surface area contributed by atoms with Gasteiger partial charge in [0.1, 0.15) is 0 Å². The third-order valence-electron chi connectivity index (χ3n) is 2.28. The second kappa shape index (κ2) is 5.98. The summed E-state index contributed by atoms with van der Waals surface area (Å²) in [4.78, 5) is 16.0. The molecular weight excluding hydrogens is 328 g/mol. The second-order valence-electron chi connectivity index (χ2n) is 3.43. The number of alkyl halides is 1. The zero-order valence-corrected chi connectivity index (χ0v) is 12.3. The number of carbonyl (C=O) groups excluding carboxylic acids is 1. The zero-order chi connectivity index (χ0) is 12.3. The summed E-state index contributed by atoms with van der Waals surface area (Å²) in [6, 6.07) is 0. The van der Waals surface area contributed by atoms with Crippen LogP contribution in [0, 0.1) is 0 Å². The monoisotopic (exact) mass is 337 g/mol. The van der Waals surface area contributed by atoms with Crippen molar-refractivity contribution in [2.75, 3.05) is 13.3 Å². The zero-order valence-electron chi connectivity index (χ0n) is 8.86. The summed E-state index contributed by atoms with van der Waals surface area (Å²) in [7, 11) is 0. The van der Waals surface area contributed by atoms with Gasteiger partial charge in [-0.2, -0.15) is 0 Å². The van der Waals surface area contributed by atoms with Crippen LogP contribution in [0.5, 0.6) is 0 Å². The van der Waals surface area contributed by atoms with E-state index >= 15 is 0 Å². The van der Waals surface area contributed by atoms with Crippen LogP contribution in [0.3, 0.4) is 0 Å². The SMILES string of the molecule is O=C1C=C([As](CCF)Cc2cnc(Cl)s2)CO1. The van der Waals surface area contributed by atoms with Crippen LogP contribution in [0.15, 0.2) is 16.6 Å². The summed E-state index contributed by atoms with van der Waals surface area (Å²) < 4.78 is 18.9. The normalized spacial score (nSPS) is 16.8. The van der Waals surface area contributed by atoms with Crippen LogP contribution in [-0.2, 0) is 14.7 Å². The molecule has 0 amide bonds. The fraction of sp³-hybridized carbons (Fsp3) is 0.400. The third kappa shape index (κ3) is 3.54. The number of rotatable bonds is 5. The molecule has 1 aliphatic heterocycles. The van der Waals surface area contributed by atoms with E-state index in [1.807, 2.05) is 0 Å². The molecule has 1 unspecified atom stereocenters. The van der Waals surface area contributed by atoms with Crippen LogP contribution in [0.4, 0.5) is 4.39 Å². The molecule has 0 fully saturated rings. The first-order chi connectivity index (χ1) is 8.19. The molecule has 2 heterocycles. The van der Waals surface area contributed by atoms with Crippen molar-refractivity contribution in [2.45, 2.75) is 10.4 Å². The Bertz CT molecular complexity index is 451. The number of hydrogen-bond acceptors (Lipinski definition) is 4. The minimum atomic E-state index is -1.56. The summed E-state index contributed by atoms with van der Waals surface area (Å²) >= 11 is 5.62. The van der Waals surface area contributed by atoms with E-state index in [1.165, 1.54) is 17.4 Å². The van der Waals surface area contributed by atoms with E-state index in [0.29, 0.717) is 16.3 Å². The topological polar surface area (TPSA) is 39.2 Å². The van der Waals surface area contributed by atoms with Crippen LogP contribution in [0.1, 0.15) is 4.88 Å². The van der Waals surface area contributed by atoms with E-state index in [0.717, 1.165) is 14.4 Å². The van der Waals surface area contributed by atoms with Gasteiger partial charge in [0.25, 0.3) is 0 Å². The van der Waals surface area contributed by atoms with Crippen molar-refractivity contribution in [1.82, 2.24) is 4.98 Å². The molecule has 0 saturated heterocycles. The molecule has 1 atom stereocenters. The van der Waals surface area contributed by atoms with Gasteiger partial charge in [0.2, 0.25) is 0 Å². The van der Waals surface area contributed by atoms with Crippen LogP contribution in [-0.4, -0.2) is 38.9 Å². The second-order valence-corrected chi connectivity index (χ2v) is 10.2. The van der Waals surface area contributed by atoms with Gasteiger partial charge < -0.3 is 0 Å². The standard InChI is InChI=1S/C10H10AsClFNO2S/c12-10-14-5-8(17-10)4-11(1-2-13)7-3-9(15)16-6-7/h3,5H,1-2,4,6H2. The van der Waals surface area contributed by atoms with E-state index in [-0.39, 0.29) is 12.6 Å². The van der Waals surface area contributed by atoms with Crippen LogP contribution in [0.25, 0.3) is 0 Å². The Hall–Kier alpha value is -0.382. The molecule has 0 aliphatic carbocycles. The molecule has 3 nitrogen and oxygen atoms in total. The number of ether oxygens (including phenoxy) is 1. The van der Waals surface area contributed by atoms with E-state index in [1.54, 1.807) is 6.20 Å². The molecule has 0 saturated carbocycles. The van der Waals surface area contributed by atoms with Gasteiger partial charge >= 0.3 is 112 Å². The predicted molar refractivity (Wildman–Crippen MR) is 66.4 cm³/mol. The summed E-state index contributed by atoms with van der Waals surface area (Å²) in [6.45, 7) is -0.0105. The average Bonchev–Trinajstić information content (AvgIpc) is 2.87. The molecule has 0 spiro atoms. The molecule has 0 N–H and O–H groups in total. The minimum absolute atomic E-state index is 0.305. The Morgan fingerprint density at radius 1 is 1.65 bits per heavy atom. The molecule has 17 heavy (non-hydrogen) atoms. The fourth-order valence-electron chi connectivity index (χ4n) is 1.52. The van der Waals surface area contributed by atoms with Gasteiger partial charge in [0.15, 0.2) is 0 Å². The number of halogens is 2. The van der Waals surface area contributed by atoms with Crippen molar-refractivity contribution in [1.29, 1.82) is 0 Å². The van der Waals surface area contributed by atoms with E-state index < -0.39 is 14.7 Å². The molecule has 1 aromatic rings. The van der Waals surface area contributed by atoms with Crippen molar-refractivity contribution in [3.05, 3.63) is 26.0 Å². The summed E-state index contributed by atoms with van der Waals surface area (Å²) in [5.41, 5.74) is 0. The van der Waals surface area contributed by atoms with Crippen LogP contribution >= 0.6 is 22.9 Å². The third-order valence-corrected chi connectivity index (χ3v) is 9.11. The number of cyclic esters (lactones) is 1. The number of nitrogens with zero attached hydrogens (tertiary/aromatic N) is 1. The van der Waals surface area contributed by atoms with Gasteiger partial charge in [-0.3, -0.25) is 0 Å². The van der Waals surface area contributed by atoms with Gasteiger partial charge in [-0.25, -0.2) is 0 Å². The van der Waals surface area contributed by atoms with E-state index in [4.69, 9.17) is 16.3 Å². The Balaban J connectivity index is 2.07. The molecule has 2 rings (SSSR count). The first kappa shape index (κ1) is 13.1. The first-order valence-corrected chi connectivity index (χ1v) is 9.76. The average molecular weight is 338 g/mol. The fourth-order valence-corrected chi connectivity index (χ4v) is 7.44. The van der Waals surface area contributed by atoms with Crippen LogP contribution < -0.4 is 0 Å². The molecule has 0 radical (unpaired) electrons. The molecule has 92 valence electrons. The molecule has 0 bridgehead atoms. The molecule has 7 heteroatoms. The number of esters is 1. The van der Waals surface area contributed by atoms with E-state index in [9.17, 15) is 9.18 Å². The Morgan fingerprint density at radius 3 is 3.00 bits per heavy atom. The summed E-state index contributed by atoms with van der Waals surface area (Å²) in [6.07, 6.45) is 3.25. The van der Waals surface area contributed by atoms with Gasteiger partial charge in [-0.15, -0.1) is 0 Å².